The standard InChI is InChI=1S/C20H17N3O6/c1-27-15-4-2-3-13(9-15)21-18(24)11-22-7-8-23(20(26)19(22)25)14-5-6-16-17(10-14)29-12-28-16/h2-10H,11-12H2,1H3,(H,21,24). The molecular formula is C20H17N3O6. The molecule has 0 aliphatic carbocycles. The number of ether oxygens (including phenoxy) is 3. The van der Waals surface area contributed by atoms with Gasteiger partial charge in [-0.2, -0.15) is 0 Å². The molecule has 3 aromatic rings. The molecule has 0 fully saturated rings. The number of hydrogen-bond acceptors (Lipinski definition) is 6. The van der Waals surface area contributed by atoms with Gasteiger partial charge in [0.05, 0.1) is 12.8 Å². The largest absolute Gasteiger partial charge is 0.497 e. The quantitative estimate of drug-likeness (QED) is 0.655. The molecule has 0 radical (unpaired) electrons. The lowest BCUT2D eigenvalue weighted by atomic mass is 10.2. The third kappa shape index (κ3) is 3.70. The van der Waals surface area contributed by atoms with Gasteiger partial charge in [-0.25, -0.2) is 0 Å². The molecular weight excluding hydrogens is 378 g/mol. The van der Waals surface area contributed by atoms with E-state index in [4.69, 9.17) is 14.2 Å². The first-order valence-corrected chi connectivity index (χ1v) is 8.71. The molecule has 4 rings (SSSR count). The average molecular weight is 395 g/mol. The van der Waals surface area contributed by atoms with Gasteiger partial charge in [0.1, 0.15) is 12.3 Å². The fraction of sp³-hybridized carbons (Fsp3) is 0.150. The van der Waals surface area contributed by atoms with Crippen molar-refractivity contribution in [3.63, 3.8) is 0 Å². The van der Waals surface area contributed by atoms with E-state index in [1.807, 2.05) is 0 Å². The predicted molar refractivity (Wildman–Crippen MR) is 104 cm³/mol. The summed E-state index contributed by atoms with van der Waals surface area (Å²) in [4.78, 5) is 37.3. The Labute approximate surface area is 164 Å². The number of benzene rings is 2. The van der Waals surface area contributed by atoms with E-state index < -0.39 is 17.0 Å². The highest BCUT2D eigenvalue weighted by molar-refractivity contribution is 5.90. The molecule has 0 spiro atoms. The first kappa shape index (κ1) is 18.4. The van der Waals surface area contributed by atoms with Crippen LogP contribution in [0.2, 0.25) is 0 Å². The lowest BCUT2D eigenvalue weighted by Crippen LogP contribution is -2.41. The van der Waals surface area contributed by atoms with Gasteiger partial charge in [-0.1, -0.05) is 6.07 Å². The van der Waals surface area contributed by atoms with Gasteiger partial charge >= 0.3 is 11.1 Å². The van der Waals surface area contributed by atoms with Crippen molar-refractivity contribution in [1.82, 2.24) is 9.13 Å². The number of rotatable bonds is 5. The van der Waals surface area contributed by atoms with E-state index in [1.165, 1.54) is 24.1 Å². The molecule has 0 bridgehead atoms. The van der Waals surface area contributed by atoms with Gasteiger partial charge < -0.3 is 19.5 Å². The van der Waals surface area contributed by atoms with Crippen molar-refractivity contribution in [3.05, 3.63) is 75.6 Å². The first-order chi connectivity index (χ1) is 14.0. The number of fused-ring (bicyclic) bond motifs is 1. The first-order valence-electron chi connectivity index (χ1n) is 8.71. The van der Waals surface area contributed by atoms with Crippen molar-refractivity contribution >= 4 is 11.6 Å². The Kier molecular flexibility index (Phi) is 4.78. The SMILES string of the molecule is COc1cccc(NC(=O)Cn2ccn(-c3ccc4c(c3)OCO4)c(=O)c2=O)c1. The van der Waals surface area contributed by atoms with Crippen LogP contribution >= 0.6 is 0 Å². The summed E-state index contributed by atoms with van der Waals surface area (Å²) < 4.78 is 17.9. The maximum atomic E-state index is 12.5. The Balaban J connectivity index is 1.55. The molecule has 9 nitrogen and oxygen atoms in total. The minimum Gasteiger partial charge on any atom is -0.497 e. The molecule has 1 aliphatic heterocycles. The number of aromatic nitrogens is 2. The van der Waals surface area contributed by atoms with Crippen molar-refractivity contribution in [2.45, 2.75) is 6.54 Å². The fourth-order valence-corrected chi connectivity index (χ4v) is 2.93. The molecule has 1 aliphatic rings. The van der Waals surface area contributed by atoms with Crippen LogP contribution in [-0.4, -0.2) is 28.9 Å². The second kappa shape index (κ2) is 7.55. The minimum absolute atomic E-state index is 0.109. The van der Waals surface area contributed by atoms with Gasteiger partial charge in [-0.3, -0.25) is 23.5 Å². The third-order valence-corrected chi connectivity index (χ3v) is 4.36. The van der Waals surface area contributed by atoms with Gasteiger partial charge in [0.2, 0.25) is 12.7 Å². The van der Waals surface area contributed by atoms with Crippen molar-refractivity contribution in [2.24, 2.45) is 0 Å². The van der Waals surface area contributed by atoms with Crippen LogP contribution in [0, 0.1) is 0 Å². The smallest absolute Gasteiger partial charge is 0.320 e. The highest BCUT2D eigenvalue weighted by Crippen LogP contribution is 2.33. The fourth-order valence-electron chi connectivity index (χ4n) is 2.93. The van der Waals surface area contributed by atoms with E-state index >= 15 is 0 Å². The van der Waals surface area contributed by atoms with Gasteiger partial charge in [-0.15, -0.1) is 0 Å². The van der Waals surface area contributed by atoms with E-state index in [0.717, 1.165) is 4.57 Å². The number of hydrogen-bond donors (Lipinski definition) is 1. The highest BCUT2D eigenvalue weighted by atomic mass is 16.7. The third-order valence-electron chi connectivity index (χ3n) is 4.36. The average Bonchev–Trinajstić information content (AvgIpc) is 3.19. The normalized spacial score (nSPS) is 11.9. The topological polar surface area (TPSA) is 101 Å². The molecule has 148 valence electrons. The molecule has 1 amide bonds. The lowest BCUT2D eigenvalue weighted by molar-refractivity contribution is -0.116. The summed E-state index contributed by atoms with van der Waals surface area (Å²) in [7, 11) is 1.52. The van der Waals surface area contributed by atoms with E-state index in [1.54, 1.807) is 42.5 Å². The van der Waals surface area contributed by atoms with E-state index in [-0.39, 0.29) is 13.3 Å². The maximum Gasteiger partial charge on any atom is 0.320 e. The van der Waals surface area contributed by atoms with Crippen LogP contribution in [0.5, 0.6) is 17.2 Å². The Morgan fingerprint density at radius 3 is 2.72 bits per heavy atom. The second-order valence-corrected chi connectivity index (χ2v) is 6.22. The monoisotopic (exact) mass is 395 g/mol. The van der Waals surface area contributed by atoms with Crippen LogP contribution in [0.1, 0.15) is 0 Å². The number of carbonyl (C=O) groups is 1. The number of anilines is 1. The number of methoxy groups -OCH3 is 1. The Morgan fingerprint density at radius 2 is 1.90 bits per heavy atom. The Bertz CT molecular complexity index is 1200. The molecule has 1 aromatic heterocycles. The van der Waals surface area contributed by atoms with Gasteiger partial charge in [0.25, 0.3) is 0 Å². The molecule has 1 N–H and O–H groups in total. The summed E-state index contributed by atoms with van der Waals surface area (Å²) in [5.74, 6) is 1.22. The van der Waals surface area contributed by atoms with Crippen LogP contribution in [0.25, 0.3) is 5.69 Å². The highest BCUT2D eigenvalue weighted by Gasteiger charge is 2.16. The summed E-state index contributed by atoms with van der Waals surface area (Å²) in [6, 6.07) is 11.7. The van der Waals surface area contributed by atoms with E-state index in [9.17, 15) is 14.4 Å². The summed E-state index contributed by atoms with van der Waals surface area (Å²) in [5, 5.41) is 2.67. The van der Waals surface area contributed by atoms with Gasteiger partial charge in [-0.05, 0) is 24.3 Å². The van der Waals surface area contributed by atoms with Crippen molar-refractivity contribution in [1.29, 1.82) is 0 Å². The van der Waals surface area contributed by atoms with Gasteiger partial charge in [0, 0.05) is 30.2 Å². The summed E-state index contributed by atoms with van der Waals surface area (Å²) in [6.07, 6.45) is 2.82. The molecule has 2 aromatic carbocycles. The number of amides is 1. The molecule has 0 saturated heterocycles. The molecule has 0 atom stereocenters. The zero-order valence-corrected chi connectivity index (χ0v) is 15.5. The maximum absolute atomic E-state index is 12.5. The number of nitrogens with zero attached hydrogens (tertiary/aromatic N) is 2. The molecule has 0 saturated carbocycles. The zero-order valence-electron chi connectivity index (χ0n) is 15.5. The van der Waals surface area contributed by atoms with Crippen LogP contribution in [0.4, 0.5) is 5.69 Å². The summed E-state index contributed by atoms with van der Waals surface area (Å²) >= 11 is 0. The number of carbonyl (C=O) groups excluding carboxylic acids is 1. The van der Waals surface area contributed by atoms with E-state index in [0.29, 0.717) is 28.6 Å². The Hall–Kier alpha value is -4.01. The molecule has 2 heterocycles. The predicted octanol–water partition coefficient (Wildman–Crippen LogP) is 1.38. The molecule has 0 unspecified atom stereocenters. The lowest BCUT2D eigenvalue weighted by Gasteiger charge is -2.10. The summed E-state index contributed by atoms with van der Waals surface area (Å²) in [6.45, 7) is -0.190. The van der Waals surface area contributed by atoms with Crippen molar-refractivity contribution in [3.8, 4) is 22.9 Å². The Morgan fingerprint density at radius 1 is 1.07 bits per heavy atom. The number of nitrogens with one attached hydrogen (secondary N) is 1. The van der Waals surface area contributed by atoms with Crippen LogP contribution in [0.3, 0.4) is 0 Å². The minimum atomic E-state index is -0.814. The van der Waals surface area contributed by atoms with Crippen LogP contribution < -0.4 is 30.6 Å². The van der Waals surface area contributed by atoms with E-state index in [2.05, 4.69) is 5.32 Å². The molecule has 9 heteroatoms. The van der Waals surface area contributed by atoms with Crippen LogP contribution in [-0.2, 0) is 11.3 Å². The second-order valence-electron chi connectivity index (χ2n) is 6.22. The van der Waals surface area contributed by atoms with Crippen molar-refractivity contribution in [2.75, 3.05) is 19.2 Å². The summed E-state index contributed by atoms with van der Waals surface area (Å²) in [5.41, 5.74) is -0.605. The van der Waals surface area contributed by atoms with Gasteiger partial charge in [0.15, 0.2) is 11.5 Å². The molecule has 29 heavy (non-hydrogen) atoms. The van der Waals surface area contributed by atoms with Crippen LogP contribution in [0.15, 0.2) is 64.4 Å². The van der Waals surface area contributed by atoms with Crippen molar-refractivity contribution < 1.29 is 19.0 Å². The zero-order chi connectivity index (χ0) is 20.4.